The Balaban J connectivity index is 1.80. The first kappa shape index (κ1) is 14.5. The number of hydrogen-bond donors (Lipinski definition) is 1. The second-order valence-electron chi connectivity index (χ2n) is 4.84. The largest absolute Gasteiger partial charge is 0.492 e. The molecule has 0 saturated heterocycles. The van der Waals surface area contributed by atoms with Crippen LogP contribution < -0.4 is 10.1 Å². The standard InChI is InChI=1S/C16H19FN2O/c1-12(11-20-16-7-5-15(17)6-8-16)19-13(2)14-4-3-9-18-10-14/h3-10,12-13,19H,11H2,1-2H3/t12-,13-/m0/s1. The van der Waals surface area contributed by atoms with Crippen molar-refractivity contribution in [3.63, 3.8) is 0 Å². The highest BCUT2D eigenvalue weighted by Gasteiger charge is 2.10. The van der Waals surface area contributed by atoms with Crippen LogP contribution in [-0.4, -0.2) is 17.6 Å². The van der Waals surface area contributed by atoms with Crippen LogP contribution in [-0.2, 0) is 0 Å². The lowest BCUT2D eigenvalue weighted by molar-refractivity contribution is 0.263. The van der Waals surface area contributed by atoms with Crippen molar-refractivity contribution < 1.29 is 9.13 Å². The minimum absolute atomic E-state index is 0.176. The first-order chi connectivity index (χ1) is 9.65. The number of pyridine rings is 1. The van der Waals surface area contributed by atoms with Crippen molar-refractivity contribution in [3.05, 3.63) is 60.2 Å². The monoisotopic (exact) mass is 274 g/mol. The van der Waals surface area contributed by atoms with E-state index < -0.39 is 0 Å². The molecule has 0 spiro atoms. The van der Waals surface area contributed by atoms with Gasteiger partial charge in [-0.25, -0.2) is 4.39 Å². The van der Waals surface area contributed by atoms with E-state index in [2.05, 4.69) is 24.1 Å². The Labute approximate surface area is 118 Å². The highest BCUT2D eigenvalue weighted by Crippen LogP contribution is 2.13. The van der Waals surface area contributed by atoms with Gasteiger partial charge < -0.3 is 10.1 Å². The molecule has 2 rings (SSSR count). The van der Waals surface area contributed by atoms with Crippen LogP contribution in [0.1, 0.15) is 25.5 Å². The third-order valence-corrected chi connectivity index (χ3v) is 3.03. The summed E-state index contributed by atoms with van der Waals surface area (Å²) in [4.78, 5) is 4.11. The maximum Gasteiger partial charge on any atom is 0.123 e. The van der Waals surface area contributed by atoms with E-state index in [0.717, 1.165) is 5.56 Å². The highest BCUT2D eigenvalue weighted by molar-refractivity contribution is 5.22. The molecular weight excluding hydrogens is 255 g/mol. The number of hydrogen-bond acceptors (Lipinski definition) is 3. The number of ether oxygens (including phenoxy) is 1. The highest BCUT2D eigenvalue weighted by atomic mass is 19.1. The van der Waals surface area contributed by atoms with Crippen molar-refractivity contribution in [2.45, 2.75) is 25.9 Å². The van der Waals surface area contributed by atoms with Crippen LogP contribution in [0.15, 0.2) is 48.8 Å². The molecule has 0 aliphatic carbocycles. The lowest BCUT2D eigenvalue weighted by Gasteiger charge is -2.20. The average molecular weight is 274 g/mol. The third-order valence-electron chi connectivity index (χ3n) is 3.03. The fraction of sp³-hybridized carbons (Fsp3) is 0.312. The van der Waals surface area contributed by atoms with Gasteiger partial charge >= 0.3 is 0 Å². The maximum absolute atomic E-state index is 12.8. The van der Waals surface area contributed by atoms with Gasteiger partial charge in [0.2, 0.25) is 0 Å². The number of rotatable bonds is 6. The molecule has 0 aliphatic heterocycles. The Morgan fingerprint density at radius 3 is 2.60 bits per heavy atom. The van der Waals surface area contributed by atoms with Crippen LogP contribution in [0, 0.1) is 5.82 Å². The smallest absolute Gasteiger partial charge is 0.123 e. The predicted molar refractivity (Wildman–Crippen MR) is 77.1 cm³/mol. The van der Waals surface area contributed by atoms with Crippen molar-refractivity contribution in [1.29, 1.82) is 0 Å². The molecule has 2 aromatic rings. The molecule has 20 heavy (non-hydrogen) atoms. The van der Waals surface area contributed by atoms with Gasteiger partial charge in [0.05, 0.1) is 0 Å². The average Bonchev–Trinajstić information content (AvgIpc) is 2.47. The molecule has 106 valence electrons. The molecule has 4 heteroatoms. The van der Waals surface area contributed by atoms with Crippen LogP contribution in [0.4, 0.5) is 4.39 Å². The van der Waals surface area contributed by atoms with Gasteiger partial charge in [0.25, 0.3) is 0 Å². The van der Waals surface area contributed by atoms with Gasteiger partial charge in [0.1, 0.15) is 18.2 Å². The molecule has 0 amide bonds. The number of nitrogens with zero attached hydrogens (tertiary/aromatic N) is 1. The van der Waals surface area contributed by atoms with Crippen molar-refractivity contribution in [1.82, 2.24) is 10.3 Å². The molecule has 0 fully saturated rings. The van der Waals surface area contributed by atoms with Crippen LogP contribution >= 0.6 is 0 Å². The summed E-state index contributed by atoms with van der Waals surface area (Å²) in [6, 6.07) is 10.4. The van der Waals surface area contributed by atoms with E-state index in [4.69, 9.17) is 4.74 Å². The Hall–Kier alpha value is -1.94. The number of halogens is 1. The molecule has 0 aliphatic rings. The van der Waals surface area contributed by atoms with E-state index in [9.17, 15) is 4.39 Å². The van der Waals surface area contributed by atoms with Gasteiger partial charge in [0.15, 0.2) is 0 Å². The van der Waals surface area contributed by atoms with Gasteiger partial charge in [-0.3, -0.25) is 4.98 Å². The molecule has 3 nitrogen and oxygen atoms in total. The molecule has 1 aromatic heterocycles. The van der Waals surface area contributed by atoms with Gasteiger partial charge in [-0.1, -0.05) is 6.07 Å². The number of aromatic nitrogens is 1. The van der Waals surface area contributed by atoms with E-state index >= 15 is 0 Å². The first-order valence-corrected chi connectivity index (χ1v) is 6.69. The first-order valence-electron chi connectivity index (χ1n) is 6.69. The maximum atomic E-state index is 12.8. The van der Waals surface area contributed by atoms with Gasteiger partial charge in [-0.05, 0) is 49.7 Å². The van der Waals surface area contributed by atoms with Crippen LogP contribution in [0.5, 0.6) is 5.75 Å². The predicted octanol–water partition coefficient (Wildman–Crippen LogP) is 3.34. The van der Waals surface area contributed by atoms with Crippen molar-refractivity contribution in [3.8, 4) is 5.75 Å². The van der Waals surface area contributed by atoms with E-state index in [1.807, 2.05) is 18.3 Å². The Kier molecular flexibility index (Phi) is 5.07. The van der Waals surface area contributed by atoms with E-state index in [1.165, 1.54) is 12.1 Å². The summed E-state index contributed by atoms with van der Waals surface area (Å²) < 4.78 is 18.4. The fourth-order valence-electron chi connectivity index (χ4n) is 1.96. The number of benzene rings is 1. The lowest BCUT2D eigenvalue weighted by atomic mass is 10.1. The molecule has 0 radical (unpaired) electrons. The Morgan fingerprint density at radius 2 is 1.95 bits per heavy atom. The molecule has 1 aromatic carbocycles. The van der Waals surface area contributed by atoms with E-state index in [-0.39, 0.29) is 17.9 Å². The van der Waals surface area contributed by atoms with Gasteiger partial charge in [0, 0.05) is 24.5 Å². The van der Waals surface area contributed by atoms with Crippen molar-refractivity contribution in [2.75, 3.05) is 6.61 Å². The lowest BCUT2D eigenvalue weighted by Crippen LogP contribution is -2.33. The van der Waals surface area contributed by atoms with Crippen LogP contribution in [0.3, 0.4) is 0 Å². The minimum Gasteiger partial charge on any atom is -0.492 e. The molecule has 1 heterocycles. The van der Waals surface area contributed by atoms with Crippen LogP contribution in [0.2, 0.25) is 0 Å². The van der Waals surface area contributed by atoms with Crippen molar-refractivity contribution in [2.24, 2.45) is 0 Å². The topological polar surface area (TPSA) is 34.1 Å². The Bertz CT molecular complexity index is 516. The minimum atomic E-state index is -0.256. The van der Waals surface area contributed by atoms with E-state index in [0.29, 0.717) is 12.4 Å². The summed E-state index contributed by atoms with van der Waals surface area (Å²) in [5, 5.41) is 3.44. The molecule has 1 N–H and O–H groups in total. The summed E-state index contributed by atoms with van der Waals surface area (Å²) in [5.74, 6) is 0.419. The quantitative estimate of drug-likeness (QED) is 0.877. The Morgan fingerprint density at radius 1 is 1.20 bits per heavy atom. The third kappa shape index (κ3) is 4.31. The summed E-state index contributed by atoms with van der Waals surface area (Å²) in [6.45, 7) is 4.66. The summed E-state index contributed by atoms with van der Waals surface area (Å²) in [5.41, 5.74) is 1.14. The molecule has 0 saturated carbocycles. The zero-order valence-corrected chi connectivity index (χ0v) is 11.7. The fourth-order valence-corrected chi connectivity index (χ4v) is 1.96. The van der Waals surface area contributed by atoms with Gasteiger partial charge in [-0.15, -0.1) is 0 Å². The molecule has 0 bridgehead atoms. The second-order valence-corrected chi connectivity index (χ2v) is 4.84. The molecule has 0 unspecified atom stereocenters. The molecular formula is C16H19FN2O. The normalized spacial score (nSPS) is 13.8. The zero-order valence-electron chi connectivity index (χ0n) is 11.7. The zero-order chi connectivity index (χ0) is 14.4. The van der Waals surface area contributed by atoms with Crippen molar-refractivity contribution >= 4 is 0 Å². The summed E-state index contributed by atoms with van der Waals surface area (Å²) in [7, 11) is 0. The summed E-state index contributed by atoms with van der Waals surface area (Å²) in [6.07, 6.45) is 3.61. The SMILES string of the molecule is C[C@H](N[C@@H](C)COc1ccc(F)cc1)c1cccnc1. The second kappa shape index (κ2) is 7.01. The summed E-state index contributed by atoms with van der Waals surface area (Å²) >= 11 is 0. The molecule has 2 atom stereocenters. The number of nitrogens with one attached hydrogen (secondary N) is 1. The van der Waals surface area contributed by atoms with Crippen LogP contribution in [0.25, 0.3) is 0 Å². The van der Waals surface area contributed by atoms with Gasteiger partial charge in [-0.2, -0.15) is 0 Å². The van der Waals surface area contributed by atoms with E-state index in [1.54, 1.807) is 18.3 Å².